The fourth-order valence-corrected chi connectivity index (χ4v) is 4.98. The first-order chi connectivity index (χ1) is 18.3. The smallest absolute Gasteiger partial charge is 0.416 e. The number of morpholine rings is 1. The maximum absolute atomic E-state index is 13.6. The number of aromatic nitrogens is 1. The van der Waals surface area contributed by atoms with E-state index in [0.717, 1.165) is 23.3 Å². The summed E-state index contributed by atoms with van der Waals surface area (Å²) in [5.41, 5.74) is 0.137. The number of allylic oxidation sites excluding steroid dienone is 1. The SMILES string of the molecule is CC1=C(c2cccnc2)C[C@@](NC(=O)c2cccc(C(F)(F)F)c2)(N2CCOCC2)C(OC2CCOC2)=N1. The van der Waals surface area contributed by atoms with Crippen molar-refractivity contribution in [2.24, 2.45) is 4.99 Å². The maximum atomic E-state index is 13.6. The molecular weight excluding hydrogens is 501 g/mol. The molecule has 8 nitrogen and oxygen atoms in total. The summed E-state index contributed by atoms with van der Waals surface area (Å²) in [5.74, 6) is -0.369. The van der Waals surface area contributed by atoms with Crippen LogP contribution in [0, 0.1) is 0 Å². The standard InChI is InChI=1S/C27H29F3N4O4/c1-18-23(20-5-3-8-31-16-20)15-26(34-9-12-36-13-10-34,25(32-18)38-22-7-11-37-17-22)33-24(35)19-4-2-6-21(14-19)27(28,29)30/h2-6,8,14,16,22H,7,9-13,15,17H2,1H3,(H,33,35)/t22?,26-/m1/s1. The maximum Gasteiger partial charge on any atom is 0.416 e. The van der Waals surface area contributed by atoms with Crippen LogP contribution in [0.1, 0.15) is 41.3 Å². The number of hydrogen-bond acceptors (Lipinski definition) is 7. The van der Waals surface area contributed by atoms with E-state index >= 15 is 0 Å². The number of pyridine rings is 1. The Hall–Kier alpha value is -3.28. The summed E-state index contributed by atoms with van der Waals surface area (Å²) >= 11 is 0. The van der Waals surface area contributed by atoms with Gasteiger partial charge in [-0.05, 0) is 42.3 Å². The molecule has 1 aromatic heterocycles. The first kappa shape index (κ1) is 26.3. The van der Waals surface area contributed by atoms with Crippen LogP contribution in [0.25, 0.3) is 5.57 Å². The van der Waals surface area contributed by atoms with Gasteiger partial charge in [0.1, 0.15) is 6.10 Å². The van der Waals surface area contributed by atoms with Crippen LogP contribution < -0.4 is 5.32 Å². The molecule has 3 aliphatic rings. The number of nitrogens with one attached hydrogen (secondary N) is 1. The fourth-order valence-electron chi connectivity index (χ4n) is 4.98. The van der Waals surface area contributed by atoms with Gasteiger partial charge < -0.3 is 19.5 Å². The molecule has 202 valence electrons. The molecule has 0 radical (unpaired) electrons. The second-order valence-electron chi connectivity index (χ2n) is 9.50. The van der Waals surface area contributed by atoms with Gasteiger partial charge in [-0.15, -0.1) is 0 Å². The highest BCUT2D eigenvalue weighted by Crippen LogP contribution is 2.38. The van der Waals surface area contributed by atoms with Crippen molar-refractivity contribution in [2.45, 2.75) is 37.7 Å². The van der Waals surface area contributed by atoms with Gasteiger partial charge in [0.15, 0.2) is 5.66 Å². The number of nitrogens with zero attached hydrogens (tertiary/aromatic N) is 3. The summed E-state index contributed by atoms with van der Waals surface area (Å²) in [4.78, 5) is 24.8. The third-order valence-electron chi connectivity index (χ3n) is 6.99. The zero-order valence-corrected chi connectivity index (χ0v) is 21.0. The van der Waals surface area contributed by atoms with Crippen molar-refractivity contribution in [1.29, 1.82) is 0 Å². The van der Waals surface area contributed by atoms with E-state index in [1.165, 1.54) is 12.1 Å². The van der Waals surface area contributed by atoms with Crippen LogP contribution in [0.2, 0.25) is 0 Å². The Kier molecular flexibility index (Phi) is 7.51. The van der Waals surface area contributed by atoms with E-state index in [4.69, 9.17) is 19.2 Å². The van der Waals surface area contributed by atoms with Crippen molar-refractivity contribution in [3.63, 3.8) is 0 Å². The number of ether oxygens (including phenoxy) is 3. The highest BCUT2D eigenvalue weighted by molar-refractivity contribution is 6.01. The number of benzene rings is 1. The molecule has 2 saturated heterocycles. The van der Waals surface area contributed by atoms with Crippen LogP contribution in [0.5, 0.6) is 0 Å². The number of alkyl halides is 3. The van der Waals surface area contributed by atoms with Crippen molar-refractivity contribution < 1.29 is 32.2 Å². The van der Waals surface area contributed by atoms with Gasteiger partial charge in [0, 0.05) is 49.6 Å². The Morgan fingerprint density at radius 2 is 1.97 bits per heavy atom. The second kappa shape index (κ2) is 10.8. The Balaban J connectivity index is 1.58. The predicted molar refractivity (Wildman–Crippen MR) is 133 cm³/mol. The molecule has 0 bridgehead atoms. The number of carbonyl (C=O) groups excluding carboxylic acids is 1. The van der Waals surface area contributed by atoms with Gasteiger partial charge in [-0.25, -0.2) is 4.99 Å². The average molecular weight is 531 g/mol. The number of halogens is 3. The van der Waals surface area contributed by atoms with E-state index in [9.17, 15) is 18.0 Å². The monoisotopic (exact) mass is 530 g/mol. The Morgan fingerprint density at radius 1 is 1.16 bits per heavy atom. The Labute approximate surface area is 218 Å². The summed E-state index contributed by atoms with van der Waals surface area (Å²) in [7, 11) is 0. The van der Waals surface area contributed by atoms with Gasteiger partial charge in [-0.1, -0.05) is 12.1 Å². The molecule has 3 aliphatic heterocycles. The van der Waals surface area contributed by atoms with Crippen LogP contribution in [0.3, 0.4) is 0 Å². The highest BCUT2D eigenvalue weighted by atomic mass is 19.4. The number of amides is 1. The molecule has 38 heavy (non-hydrogen) atoms. The molecule has 5 rings (SSSR count). The van der Waals surface area contributed by atoms with Crippen LogP contribution in [0.4, 0.5) is 13.2 Å². The molecule has 0 spiro atoms. The molecule has 2 fully saturated rings. The first-order valence-electron chi connectivity index (χ1n) is 12.5. The van der Waals surface area contributed by atoms with Crippen molar-refractivity contribution in [2.75, 3.05) is 39.5 Å². The zero-order chi connectivity index (χ0) is 26.8. The van der Waals surface area contributed by atoms with E-state index in [1.54, 1.807) is 12.4 Å². The fraction of sp³-hybridized carbons (Fsp3) is 0.444. The molecule has 2 atom stereocenters. The number of hydrogen-bond donors (Lipinski definition) is 1. The van der Waals surface area contributed by atoms with Gasteiger partial charge in [-0.3, -0.25) is 14.7 Å². The minimum atomic E-state index is -4.57. The van der Waals surface area contributed by atoms with Gasteiger partial charge in [0.05, 0.1) is 32.0 Å². The van der Waals surface area contributed by atoms with Gasteiger partial charge in [0.2, 0.25) is 5.90 Å². The van der Waals surface area contributed by atoms with Crippen LogP contribution >= 0.6 is 0 Å². The highest BCUT2D eigenvalue weighted by Gasteiger charge is 2.49. The van der Waals surface area contributed by atoms with E-state index in [1.807, 2.05) is 24.0 Å². The summed E-state index contributed by atoms with van der Waals surface area (Å²) in [5, 5.41) is 3.05. The molecule has 11 heteroatoms. The third-order valence-corrected chi connectivity index (χ3v) is 6.99. The summed E-state index contributed by atoms with van der Waals surface area (Å²) < 4.78 is 57.7. The minimum absolute atomic E-state index is 0.106. The van der Waals surface area contributed by atoms with E-state index in [2.05, 4.69) is 10.3 Å². The Bertz CT molecular complexity index is 1220. The van der Waals surface area contributed by atoms with Crippen LogP contribution in [-0.4, -0.2) is 73.0 Å². The van der Waals surface area contributed by atoms with E-state index in [-0.39, 0.29) is 18.1 Å². The van der Waals surface area contributed by atoms with E-state index in [0.29, 0.717) is 57.5 Å². The molecule has 0 aliphatic carbocycles. The summed E-state index contributed by atoms with van der Waals surface area (Å²) in [6, 6.07) is 8.13. The molecule has 1 unspecified atom stereocenters. The van der Waals surface area contributed by atoms with E-state index < -0.39 is 23.3 Å². The lowest BCUT2D eigenvalue weighted by atomic mass is 9.88. The summed E-state index contributed by atoms with van der Waals surface area (Å²) in [6.45, 7) is 4.58. The molecule has 4 heterocycles. The number of rotatable bonds is 5. The molecule has 1 N–H and O–H groups in total. The largest absolute Gasteiger partial charge is 0.472 e. The topological polar surface area (TPSA) is 85.3 Å². The third kappa shape index (κ3) is 5.45. The zero-order valence-electron chi connectivity index (χ0n) is 21.0. The minimum Gasteiger partial charge on any atom is -0.472 e. The van der Waals surface area contributed by atoms with Crippen LogP contribution in [-0.2, 0) is 20.4 Å². The van der Waals surface area contributed by atoms with Crippen molar-refractivity contribution in [3.8, 4) is 0 Å². The molecule has 1 aromatic carbocycles. The van der Waals surface area contributed by atoms with Crippen LogP contribution in [0.15, 0.2) is 59.5 Å². The Morgan fingerprint density at radius 3 is 2.66 bits per heavy atom. The van der Waals surface area contributed by atoms with Crippen molar-refractivity contribution in [1.82, 2.24) is 15.2 Å². The van der Waals surface area contributed by atoms with Gasteiger partial charge in [-0.2, -0.15) is 13.2 Å². The lowest BCUT2D eigenvalue weighted by Gasteiger charge is -2.48. The quantitative estimate of drug-likeness (QED) is 0.632. The molecular formula is C27H29F3N4O4. The lowest BCUT2D eigenvalue weighted by molar-refractivity contribution is -0.137. The number of aliphatic imine (C=N–C) groups is 1. The van der Waals surface area contributed by atoms with Crippen molar-refractivity contribution in [3.05, 3.63) is 71.2 Å². The number of carbonyl (C=O) groups is 1. The normalized spacial score (nSPS) is 24.7. The molecule has 0 saturated carbocycles. The second-order valence-corrected chi connectivity index (χ2v) is 9.50. The average Bonchev–Trinajstić information content (AvgIpc) is 3.44. The molecule has 1 amide bonds. The predicted octanol–water partition coefficient (Wildman–Crippen LogP) is 3.90. The first-order valence-corrected chi connectivity index (χ1v) is 12.5. The van der Waals surface area contributed by atoms with Gasteiger partial charge >= 0.3 is 6.18 Å². The van der Waals surface area contributed by atoms with Gasteiger partial charge in [0.25, 0.3) is 5.91 Å². The summed E-state index contributed by atoms with van der Waals surface area (Å²) in [6.07, 6.45) is -0.491. The van der Waals surface area contributed by atoms with Crippen molar-refractivity contribution >= 4 is 17.4 Å². The lowest BCUT2D eigenvalue weighted by Crippen LogP contribution is -2.69. The molecule has 2 aromatic rings.